The Bertz CT molecular complexity index is 971. The Hall–Kier alpha value is -2.45. The fourth-order valence-electron chi connectivity index (χ4n) is 2.74. The van der Waals surface area contributed by atoms with Crippen LogP contribution in [0.15, 0.2) is 46.2 Å². The molecule has 0 aliphatic rings. The van der Waals surface area contributed by atoms with Crippen molar-refractivity contribution >= 4 is 16.0 Å². The van der Waals surface area contributed by atoms with Crippen molar-refractivity contribution < 1.29 is 17.9 Å². The molecule has 0 bridgehead atoms. The van der Waals surface area contributed by atoms with Gasteiger partial charge in [-0.2, -0.15) is 4.31 Å². The molecule has 7 nitrogen and oxygen atoms in total. The highest BCUT2D eigenvalue weighted by Gasteiger charge is 2.23. The number of ether oxygens (including phenoxy) is 1. The highest BCUT2D eigenvalue weighted by molar-refractivity contribution is 7.89. The molecule has 1 aromatic heterocycles. The van der Waals surface area contributed by atoms with Crippen molar-refractivity contribution in [2.75, 3.05) is 13.1 Å². The Morgan fingerprint density at radius 1 is 1.07 bits per heavy atom. The van der Waals surface area contributed by atoms with E-state index in [4.69, 9.17) is 4.74 Å². The van der Waals surface area contributed by atoms with Gasteiger partial charge in [-0.15, -0.1) is 0 Å². The third kappa shape index (κ3) is 4.64. The molecule has 1 heterocycles. The van der Waals surface area contributed by atoms with E-state index in [9.17, 15) is 18.0 Å². The number of para-hydroxylation sites is 1. The summed E-state index contributed by atoms with van der Waals surface area (Å²) >= 11 is 0. The van der Waals surface area contributed by atoms with Crippen LogP contribution in [0.2, 0.25) is 0 Å². The van der Waals surface area contributed by atoms with E-state index in [0.717, 1.165) is 21.8 Å². The monoisotopic (exact) mass is 392 g/mol. The summed E-state index contributed by atoms with van der Waals surface area (Å²) in [6.45, 7) is 7.35. The molecule has 2 aromatic rings. The quantitative estimate of drug-likeness (QED) is 0.532. The van der Waals surface area contributed by atoms with Gasteiger partial charge in [-0.05, 0) is 31.0 Å². The summed E-state index contributed by atoms with van der Waals surface area (Å²) < 4.78 is 33.0. The normalized spacial score (nSPS) is 11.6. The molecular weight excluding hydrogens is 368 g/mol. The molecule has 0 spiro atoms. The summed E-state index contributed by atoms with van der Waals surface area (Å²) in [5.74, 6) is -0.200. The van der Waals surface area contributed by atoms with Crippen molar-refractivity contribution in [3.05, 3.63) is 58.0 Å². The molecule has 0 aliphatic carbocycles. The van der Waals surface area contributed by atoms with Gasteiger partial charge in [0.25, 0.3) is 5.56 Å². The summed E-state index contributed by atoms with van der Waals surface area (Å²) in [7, 11) is -3.73. The van der Waals surface area contributed by atoms with Crippen molar-refractivity contribution in [3.8, 4) is 5.75 Å². The van der Waals surface area contributed by atoms with E-state index < -0.39 is 21.6 Å². The van der Waals surface area contributed by atoms with Crippen molar-refractivity contribution in [1.29, 1.82) is 0 Å². The molecule has 2 rings (SSSR count). The zero-order valence-electron chi connectivity index (χ0n) is 15.9. The van der Waals surface area contributed by atoms with Crippen LogP contribution in [0.4, 0.5) is 0 Å². The van der Waals surface area contributed by atoms with Gasteiger partial charge in [0, 0.05) is 25.4 Å². The van der Waals surface area contributed by atoms with Gasteiger partial charge in [0.15, 0.2) is 0 Å². The maximum atomic E-state index is 12.6. The van der Waals surface area contributed by atoms with Gasteiger partial charge in [0.2, 0.25) is 10.0 Å². The number of hydrogen-bond donors (Lipinski definition) is 0. The fourth-order valence-corrected chi connectivity index (χ4v) is 4.22. The van der Waals surface area contributed by atoms with Crippen LogP contribution in [-0.2, 0) is 21.4 Å². The van der Waals surface area contributed by atoms with Crippen LogP contribution in [0, 0.1) is 13.8 Å². The molecular formula is C19H24N2O5S. The number of carbonyl (C=O) groups is 1. The summed E-state index contributed by atoms with van der Waals surface area (Å²) in [5.41, 5.74) is 1.12. The number of pyridine rings is 1. The lowest BCUT2D eigenvalue weighted by Crippen LogP contribution is -2.32. The predicted molar refractivity (Wildman–Crippen MR) is 102 cm³/mol. The Labute approximate surface area is 159 Å². The van der Waals surface area contributed by atoms with Crippen LogP contribution in [0.1, 0.15) is 25.0 Å². The summed E-state index contributed by atoms with van der Waals surface area (Å²) in [4.78, 5) is 24.3. The first-order valence-corrected chi connectivity index (χ1v) is 10.1. The Morgan fingerprint density at radius 2 is 1.67 bits per heavy atom. The molecule has 0 radical (unpaired) electrons. The molecule has 0 saturated carbocycles. The van der Waals surface area contributed by atoms with E-state index in [0.29, 0.717) is 18.8 Å². The van der Waals surface area contributed by atoms with Crippen LogP contribution >= 0.6 is 0 Å². The Kier molecular flexibility index (Phi) is 6.56. The zero-order chi connectivity index (χ0) is 20.2. The molecule has 0 N–H and O–H groups in total. The smallest absolute Gasteiger partial charge is 0.331 e. The molecule has 146 valence electrons. The predicted octanol–water partition coefficient (Wildman–Crippen LogP) is 2.10. The minimum absolute atomic E-state index is 0.0364. The second-order valence-electron chi connectivity index (χ2n) is 6.12. The van der Waals surface area contributed by atoms with E-state index in [1.54, 1.807) is 13.8 Å². The SMILES string of the molecule is CCN(CC)S(=O)(=O)c1ccc(=O)n(CC(=O)Oc2c(C)cccc2C)c1. The van der Waals surface area contributed by atoms with Gasteiger partial charge in [-0.25, -0.2) is 13.2 Å². The average molecular weight is 392 g/mol. The van der Waals surface area contributed by atoms with Gasteiger partial charge >= 0.3 is 5.97 Å². The van der Waals surface area contributed by atoms with E-state index in [1.165, 1.54) is 16.6 Å². The summed E-state index contributed by atoms with van der Waals surface area (Å²) in [6.07, 6.45) is 1.18. The third-order valence-electron chi connectivity index (χ3n) is 4.22. The van der Waals surface area contributed by atoms with Gasteiger partial charge in [0.05, 0.1) is 4.90 Å². The maximum absolute atomic E-state index is 12.6. The number of aromatic nitrogens is 1. The molecule has 0 unspecified atom stereocenters. The van der Waals surface area contributed by atoms with E-state index in [2.05, 4.69) is 0 Å². The Morgan fingerprint density at radius 3 is 2.22 bits per heavy atom. The highest BCUT2D eigenvalue weighted by atomic mass is 32.2. The Balaban J connectivity index is 2.29. The first-order chi connectivity index (χ1) is 12.7. The zero-order valence-corrected chi connectivity index (χ0v) is 16.7. The summed E-state index contributed by atoms with van der Waals surface area (Å²) in [5, 5.41) is 0. The van der Waals surface area contributed by atoms with E-state index in [-0.39, 0.29) is 11.4 Å². The topological polar surface area (TPSA) is 85.7 Å². The fraction of sp³-hybridized carbons (Fsp3) is 0.368. The minimum atomic E-state index is -3.73. The molecule has 0 fully saturated rings. The van der Waals surface area contributed by atoms with Crippen molar-refractivity contribution in [1.82, 2.24) is 8.87 Å². The number of hydrogen-bond acceptors (Lipinski definition) is 5. The van der Waals surface area contributed by atoms with Crippen LogP contribution in [0.3, 0.4) is 0 Å². The maximum Gasteiger partial charge on any atom is 0.331 e. The van der Waals surface area contributed by atoms with Crippen LogP contribution in [-0.4, -0.2) is 36.3 Å². The lowest BCUT2D eigenvalue weighted by atomic mass is 10.1. The van der Waals surface area contributed by atoms with Crippen LogP contribution < -0.4 is 10.3 Å². The lowest BCUT2D eigenvalue weighted by molar-refractivity contribution is -0.135. The number of carbonyl (C=O) groups excluding carboxylic acids is 1. The minimum Gasteiger partial charge on any atom is -0.425 e. The van der Waals surface area contributed by atoms with Crippen LogP contribution in [0.5, 0.6) is 5.75 Å². The van der Waals surface area contributed by atoms with Gasteiger partial charge in [-0.1, -0.05) is 32.0 Å². The van der Waals surface area contributed by atoms with Gasteiger partial charge < -0.3 is 9.30 Å². The third-order valence-corrected chi connectivity index (χ3v) is 6.26. The van der Waals surface area contributed by atoms with Crippen LogP contribution in [0.25, 0.3) is 0 Å². The standard InChI is InChI=1S/C19H24N2O5S/c1-5-21(6-2)27(24,25)16-10-11-17(22)20(12-16)13-18(23)26-19-14(3)8-7-9-15(19)4/h7-12H,5-6,13H2,1-4H3. The van der Waals surface area contributed by atoms with Gasteiger partial charge in [0.1, 0.15) is 12.3 Å². The van der Waals surface area contributed by atoms with E-state index in [1.807, 2.05) is 32.0 Å². The van der Waals surface area contributed by atoms with Gasteiger partial charge in [-0.3, -0.25) is 4.79 Å². The largest absolute Gasteiger partial charge is 0.425 e. The van der Waals surface area contributed by atoms with Crippen molar-refractivity contribution in [2.24, 2.45) is 0 Å². The number of aryl methyl sites for hydroxylation is 2. The molecule has 0 saturated heterocycles. The molecule has 0 amide bonds. The first-order valence-electron chi connectivity index (χ1n) is 8.68. The molecule has 1 aromatic carbocycles. The molecule has 0 atom stereocenters. The number of benzene rings is 1. The first kappa shape index (κ1) is 20.9. The second-order valence-corrected chi connectivity index (χ2v) is 8.05. The highest BCUT2D eigenvalue weighted by Crippen LogP contribution is 2.22. The molecule has 8 heteroatoms. The molecule has 0 aliphatic heterocycles. The molecule has 27 heavy (non-hydrogen) atoms. The van der Waals surface area contributed by atoms with E-state index >= 15 is 0 Å². The number of esters is 1. The van der Waals surface area contributed by atoms with Crippen molar-refractivity contribution in [3.63, 3.8) is 0 Å². The number of rotatable bonds is 7. The number of nitrogens with zero attached hydrogens (tertiary/aromatic N) is 2. The lowest BCUT2D eigenvalue weighted by Gasteiger charge is -2.19. The van der Waals surface area contributed by atoms with Crippen molar-refractivity contribution in [2.45, 2.75) is 39.1 Å². The second kappa shape index (κ2) is 8.49. The number of sulfonamides is 1. The average Bonchev–Trinajstić information content (AvgIpc) is 2.61. The summed E-state index contributed by atoms with van der Waals surface area (Å²) in [6, 6.07) is 7.89.